The lowest BCUT2D eigenvalue weighted by atomic mass is 9.69. The Labute approximate surface area is 98.4 Å². The van der Waals surface area contributed by atoms with E-state index in [4.69, 9.17) is 10.8 Å². The fourth-order valence-corrected chi connectivity index (χ4v) is 3.34. The summed E-state index contributed by atoms with van der Waals surface area (Å²) in [5.74, 6) is 0.559. The maximum absolute atomic E-state index is 11.0. The third-order valence-electron chi connectivity index (χ3n) is 4.22. The Kier molecular flexibility index (Phi) is 4.78. The van der Waals surface area contributed by atoms with E-state index in [0.29, 0.717) is 12.5 Å². The van der Waals surface area contributed by atoms with Crippen molar-refractivity contribution in [2.75, 3.05) is 6.54 Å². The average Bonchev–Trinajstić information content (AvgIpc) is 2.64. The first-order valence-electron chi connectivity index (χ1n) is 6.46. The molecule has 0 aliphatic heterocycles. The van der Waals surface area contributed by atoms with E-state index in [2.05, 4.69) is 13.8 Å². The zero-order valence-corrected chi connectivity index (χ0v) is 10.5. The maximum Gasteiger partial charge on any atom is 0.303 e. The Hall–Kier alpha value is -0.570. The molecule has 0 spiro atoms. The maximum atomic E-state index is 11.0. The molecule has 3 atom stereocenters. The fourth-order valence-electron chi connectivity index (χ4n) is 3.34. The first-order valence-corrected chi connectivity index (χ1v) is 6.46. The van der Waals surface area contributed by atoms with Gasteiger partial charge in [0.15, 0.2) is 0 Å². The zero-order valence-electron chi connectivity index (χ0n) is 10.5. The Bertz CT molecular complexity index is 242. The SMILES string of the molecule is CCC[C@@](CN)(CC(=O)O)[C@@H]1CCC(C)C1. The van der Waals surface area contributed by atoms with Crippen LogP contribution in [0.3, 0.4) is 0 Å². The molecule has 3 heteroatoms. The molecular formula is C13H25NO2. The third-order valence-corrected chi connectivity index (χ3v) is 4.22. The van der Waals surface area contributed by atoms with Crippen LogP contribution in [0.2, 0.25) is 0 Å². The van der Waals surface area contributed by atoms with E-state index < -0.39 is 5.97 Å². The van der Waals surface area contributed by atoms with Gasteiger partial charge in [0, 0.05) is 0 Å². The van der Waals surface area contributed by atoms with Crippen molar-refractivity contribution in [1.29, 1.82) is 0 Å². The second kappa shape index (κ2) is 5.67. The fraction of sp³-hybridized carbons (Fsp3) is 0.923. The summed E-state index contributed by atoms with van der Waals surface area (Å²) in [5, 5.41) is 9.08. The zero-order chi connectivity index (χ0) is 12.2. The number of hydrogen-bond acceptors (Lipinski definition) is 2. The largest absolute Gasteiger partial charge is 0.481 e. The van der Waals surface area contributed by atoms with Gasteiger partial charge in [-0.25, -0.2) is 0 Å². The molecule has 3 N–H and O–H groups in total. The van der Waals surface area contributed by atoms with Crippen LogP contribution in [0.1, 0.15) is 52.4 Å². The third kappa shape index (κ3) is 2.97. The van der Waals surface area contributed by atoms with Gasteiger partial charge in [-0.15, -0.1) is 0 Å². The Morgan fingerprint density at radius 2 is 2.19 bits per heavy atom. The van der Waals surface area contributed by atoms with Crippen LogP contribution in [0.4, 0.5) is 0 Å². The number of nitrogens with two attached hydrogens (primary N) is 1. The van der Waals surface area contributed by atoms with Crippen LogP contribution in [-0.4, -0.2) is 17.6 Å². The highest BCUT2D eigenvalue weighted by Gasteiger charge is 2.41. The minimum absolute atomic E-state index is 0.147. The van der Waals surface area contributed by atoms with Crippen molar-refractivity contribution >= 4 is 5.97 Å². The standard InChI is InChI=1S/C13H25NO2/c1-3-6-13(9-14,8-12(15)16)11-5-4-10(2)7-11/h10-11H,3-9,14H2,1-2H3,(H,15,16)/t10?,11-,13+/m1/s1. The van der Waals surface area contributed by atoms with Crippen LogP contribution in [0.5, 0.6) is 0 Å². The molecule has 94 valence electrons. The van der Waals surface area contributed by atoms with Crippen LogP contribution in [-0.2, 0) is 4.79 Å². The van der Waals surface area contributed by atoms with E-state index in [1.807, 2.05) is 0 Å². The lowest BCUT2D eigenvalue weighted by Gasteiger charge is -2.37. The van der Waals surface area contributed by atoms with Gasteiger partial charge in [0.1, 0.15) is 0 Å². The number of carboxylic acids is 1. The molecule has 0 aromatic rings. The van der Waals surface area contributed by atoms with E-state index in [-0.39, 0.29) is 11.8 Å². The summed E-state index contributed by atoms with van der Waals surface area (Å²) >= 11 is 0. The quantitative estimate of drug-likeness (QED) is 0.733. The van der Waals surface area contributed by atoms with Crippen molar-refractivity contribution in [2.24, 2.45) is 23.0 Å². The van der Waals surface area contributed by atoms with Gasteiger partial charge < -0.3 is 10.8 Å². The van der Waals surface area contributed by atoms with E-state index in [9.17, 15) is 4.79 Å². The van der Waals surface area contributed by atoms with Gasteiger partial charge in [-0.2, -0.15) is 0 Å². The van der Waals surface area contributed by atoms with E-state index in [1.165, 1.54) is 6.42 Å². The Balaban J connectivity index is 2.78. The molecule has 1 fully saturated rings. The monoisotopic (exact) mass is 227 g/mol. The summed E-state index contributed by atoms with van der Waals surface area (Å²) in [6.07, 6.45) is 5.77. The summed E-state index contributed by atoms with van der Waals surface area (Å²) in [6, 6.07) is 0. The molecule has 0 radical (unpaired) electrons. The van der Waals surface area contributed by atoms with Gasteiger partial charge in [0.25, 0.3) is 0 Å². The van der Waals surface area contributed by atoms with Crippen LogP contribution < -0.4 is 5.73 Å². The molecule has 0 aromatic carbocycles. The average molecular weight is 227 g/mol. The number of carboxylic acid groups (broad SMARTS) is 1. The lowest BCUT2D eigenvalue weighted by molar-refractivity contribution is -0.140. The van der Waals surface area contributed by atoms with Crippen molar-refractivity contribution in [3.63, 3.8) is 0 Å². The molecule has 1 rings (SSSR count). The molecule has 0 aromatic heterocycles. The van der Waals surface area contributed by atoms with Crippen LogP contribution in [0.25, 0.3) is 0 Å². The molecule has 1 aliphatic rings. The van der Waals surface area contributed by atoms with Gasteiger partial charge in [0.05, 0.1) is 6.42 Å². The predicted octanol–water partition coefficient (Wildman–Crippen LogP) is 2.64. The smallest absolute Gasteiger partial charge is 0.303 e. The van der Waals surface area contributed by atoms with Crippen LogP contribution >= 0.6 is 0 Å². The van der Waals surface area contributed by atoms with Crippen LogP contribution in [0, 0.1) is 17.3 Å². The van der Waals surface area contributed by atoms with E-state index in [0.717, 1.165) is 31.6 Å². The highest BCUT2D eigenvalue weighted by Crippen LogP contribution is 2.46. The molecule has 1 saturated carbocycles. The first-order chi connectivity index (χ1) is 7.54. The molecule has 0 heterocycles. The van der Waals surface area contributed by atoms with Crippen molar-refractivity contribution in [3.8, 4) is 0 Å². The molecule has 0 bridgehead atoms. The molecule has 1 unspecified atom stereocenters. The molecular weight excluding hydrogens is 202 g/mol. The van der Waals surface area contributed by atoms with Crippen LogP contribution in [0.15, 0.2) is 0 Å². The number of carbonyl (C=O) groups is 1. The van der Waals surface area contributed by atoms with E-state index >= 15 is 0 Å². The summed E-state index contributed by atoms with van der Waals surface area (Å²) in [6.45, 7) is 4.89. The Morgan fingerprint density at radius 1 is 1.50 bits per heavy atom. The highest BCUT2D eigenvalue weighted by molar-refractivity contribution is 5.67. The van der Waals surface area contributed by atoms with Gasteiger partial charge in [-0.3, -0.25) is 4.79 Å². The molecule has 3 nitrogen and oxygen atoms in total. The summed E-state index contributed by atoms with van der Waals surface area (Å²) < 4.78 is 0. The minimum atomic E-state index is -0.696. The summed E-state index contributed by atoms with van der Waals surface area (Å²) in [4.78, 5) is 11.0. The molecule has 16 heavy (non-hydrogen) atoms. The van der Waals surface area contributed by atoms with Gasteiger partial charge in [-0.1, -0.05) is 26.7 Å². The van der Waals surface area contributed by atoms with Gasteiger partial charge in [0.2, 0.25) is 0 Å². The van der Waals surface area contributed by atoms with E-state index in [1.54, 1.807) is 0 Å². The molecule has 0 amide bonds. The minimum Gasteiger partial charge on any atom is -0.481 e. The number of aliphatic carboxylic acids is 1. The first kappa shape index (κ1) is 13.5. The normalized spacial score (nSPS) is 28.9. The second-order valence-electron chi connectivity index (χ2n) is 5.50. The van der Waals surface area contributed by atoms with Gasteiger partial charge >= 0.3 is 5.97 Å². The van der Waals surface area contributed by atoms with Crippen molar-refractivity contribution in [3.05, 3.63) is 0 Å². The highest BCUT2D eigenvalue weighted by atomic mass is 16.4. The number of hydrogen-bond donors (Lipinski definition) is 2. The van der Waals surface area contributed by atoms with Crippen molar-refractivity contribution in [2.45, 2.75) is 52.4 Å². The lowest BCUT2D eigenvalue weighted by Crippen LogP contribution is -2.39. The van der Waals surface area contributed by atoms with Crippen molar-refractivity contribution < 1.29 is 9.90 Å². The summed E-state index contributed by atoms with van der Waals surface area (Å²) in [5.41, 5.74) is 5.76. The predicted molar refractivity (Wildman–Crippen MR) is 65.2 cm³/mol. The molecule has 1 aliphatic carbocycles. The molecule has 0 saturated heterocycles. The van der Waals surface area contributed by atoms with Gasteiger partial charge in [-0.05, 0) is 43.1 Å². The number of rotatable bonds is 6. The summed E-state index contributed by atoms with van der Waals surface area (Å²) in [7, 11) is 0. The topological polar surface area (TPSA) is 63.3 Å². The second-order valence-corrected chi connectivity index (χ2v) is 5.50. The Morgan fingerprint density at radius 3 is 2.56 bits per heavy atom. The van der Waals surface area contributed by atoms with Crippen molar-refractivity contribution in [1.82, 2.24) is 0 Å².